The number of aliphatic carboxylic acids is 3. The van der Waals surface area contributed by atoms with Crippen molar-refractivity contribution in [2.45, 2.75) is 32.1 Å². The van der Waals surface area contributed by atoms with Crippen molar-refractivity contribution in [3.05, 3.63) is 0 Å². The summed E-state index contributed by atoms with van der Waals surface area (Å²) in [6, 6.07) is 0. The molecule has 0 aromatic carbocycles. The maximum atomic E-state index is 9.55. The Balaban J connectivity index is -0.000000133. The molecule has 0 aliphatic carbocycles. The lowest BCUT2D eigenvalue weighted by Gasteiger charge is -2.08. The van der Waals surface area contributed by atoms with Gasteiger partial charge in [0.15, 0.2) is 0 Å². The van der Waals surface area contributed by atoms with Crippen LogP contribution in [0.5, 0.6) is 0 Å². The number of hydrogen-bond donors (Lipinski definition) is 9. The topological polar surface area (TPSA) is 173 Å². The van der Waals surface area contributed by atoms with Crippen molar-refractivity contribution in [1.82, 2.24) is 0 Å². The molecule has 0 heterocycles. The van der Waals surface area contributed by atoms with Crippen LogP contribution in [0, 0.1) is 5.92 Å². The summed E-state index contributed by atoms with van der Waals surface area (Å²) in [5.41, 5.74) is 0. The Bertz CT molecular complexity index is 300. The molecular weight excluding hydrogens is 420 g/mol. The highest BCUT2D eigenvalue weighted by Crippen LogP contribution is 2.04. The first-order valence-corrected chi connectivity index (χ1v) is 9.86. The summed E-state index contributed by atoms with van der Waals surface area (Å²) in [6.07, 6.45) is 1.63. The fourth-order valence-corrected chi connectivity index (χ4v) is 1.55. The molecule has 0 saturated carbocycles. The maximum Gasteiger partial charge on any atom is 0.304 e. The van der Waals surface area contributed by atoms with Crippen molar-refractivity contribution < 1.29 is 45.0 Å². The molecule has 0 aliphatic rings. The number of thiol groups is 3. The zero-order valence-electron chi connectivity index (χ0n) is 15.1. The van der Waals surface area contributed by atoms with Crippen LogP contribution in [0.3, 0.4) is 0 Å². The van der Waals surface area contributed by atoms with Gasteiger partial charge in [-0.1, -0.05) is 0 Å². The molecule has 0 spiro atoms. The van der Waals surface area contributed by atoms with Crippen LogP contribution in [0.4, 0.5) is 0 Å². The highest BCUT2D eigenvalue weighted by Gasteiger charge is 2.04. The average Bonchev–Trinajstić information content (AvgIpc) is 2.56. The van der Waals surface area contributed by atoms with Crippen LogP contribution in [0.2, 0.25) is 0 Å². The molecule has 0 radical (unpaired) electrons. The van der Waals surface area contributed by atoms with E-state index in [1.807, 2.05) is 0 Å². The van der Waals surface area contributed by atoms with Crippen molar-refractivity contribution in [1.29, 1.82) is 0 Å². The first-order valence-electron chi connectivity index (χ1n) is 7.97. The molecule has 0 saturated heterocycles. The summed E-state index contributed by atoms with van der Waals surface area (Å²) in [4.78, 5) is 28.7. The monoisotopic (exact) mass is 452 g/mol. The number of carbonyl (C=O) groups is 3. The molecule has 9 nitrogen and oxygen atoms in total. The highest BCUT2D eigenvalue weighted by molar-refractivity contribution is 7.80. The van der Waals surface area contributed by atoms with Gasteiger partial charge in [0.2, 0.25) is 0 Å². The fourth-order valence-electron chi connectivity index (χ4n) is 0.979. The molecule has 0 aromatic rings. The lowest BCUT2D eigenvalue weighted by molar-refractivity contribution is -0.137. The van der Waals surface area contributed by atoms with Crippen molar-refractivity contribution >= 4 is 55.8 Å². The summed E-state index contributed by atoms with van der Waals surface area (Å²) in [7, 11) is 0. The van der Waals surface area contributed by atoms with E-state index in [-0.39, 0.29) is 45.0 Å². The molecule has 0 fully saturated rings. The highest BCUT2D eigenvalue weighted by atomic mass is 32.1. The van der Waals surface area contributed by atoms with Gasteiger partial charge in [0, 0.05) is 37.1 Å². The third-order valence-corrected chi connectivity index (χ3v) is 2.98. The Morgan fingerprint density at radius 2 is 0.889 bits per heavy atom. The van der Waals surface area contributed by atoms with Gasteiger partial charge in [-0.25, -0.2) is 0 Å². The molecule has 164 valence electrons. The molecular formula is C15H32O9S3. The number of carboxylic acid groups (broad SMARTS) is 3. The van der Waals surface area contributed by atoms with Gasteiger partial charge >= 0.3 is 17.9 Å². The van der Waals surface area contributed by atoms with Gasteiger partial charge in [0.05, 0.1) is 19.3 Å². The summed E-state index contributed by atoms with van der Waals surface area (Å²) in [6.45, 7) is 0.234. The van der Waals surface area contributed by atoms with Crippen LogP contribution in [0.1, 0.15) is 32.1 Å². The van der Waals surface area contributed by atoms with Crippen LogP contribution >= 0.6 is 37.9 Å². The molecule has 0 bridgehead atoms. The SMILES string of the molecule is O=C(O)CCS.O=C(O)CCS.O=C(O)CCS.OCCC(CO)CCO. The van der Waals surface area contributed by atoms with Crippen molar-refractivity contribution in [2.24, 2.45) is 5.92 Å². The molecule has 0 amide bonds. The Kier molecular flexibility index (Phi) is 37.8. The molecule has 0 rings (SSSR count). The zero-order valence-corrected chi connectivity index (χ0v) is 17.8. The van der Waals surface area contributed by atoms with E-state index in [1.54, 1.807) is 0 Å². The fraction of sp³-hybridized carbons (Fsp3) is 0.800. The van der Waals surface area contributed by atoms with Crippen molar-refractivity contribution in [3.63, 3.8) is 0 Å². The zero-order chi connectivity index (χ0) is 22.1. The minimum Gasteiger partial charge on any atom is -0.481 e. The summed E-state index contributed by atoms with van der Waals surface area (Å²) < 4.78 is 0. The van der Waals surface area contributed by atoms with Gasteiger partial charge in [0.1, 0.15) is 0 Å². The van der Waals surface area contributed by atoms with Crippen LogP contribution in [-0.2, 0) is 14.4 Å². The summed E-state index contributed by atoms with van der Waals surface area (Å²) in [5, 5.41) is 49.0. The van der Waals surface area contributed by atoms with Crippen molar-refractivity contribution in [3.8, 4) is 0 Å². The Morgan fingerprint density at radius 3 is 0.963 bits per heavy atom. The lowest BCUT2D eigenvalue weighted by atomic mass is 10.0. The number of hydrogen-bond acceptors (Lipinski definition) is 9. The first-order chi connectivity index (χ1) is 12.7. The van der Waals surface area contributed by atoms with Gasteiger partial charge in [-0.3, -0.25) is 14.4 Å². The van der Waals surface area contributed by atoms with Crippen LogP contribution in [0.25, 0.3) is 0 Å². The largest absolute Gasteiger partial charge is 0.481 e. The second-order valence-electron chi connectivity index (χ2n) is 4.68. The van der Waals surface area contributed by atoms with E-state index in [4.69, 9.17) is 30.6 Å². The maximum absolute atomic E-state index is 9.55. The van der Waals surface area contributed by atoms with E-state index in [0.29, 0.717) is 30.1 Å². The number of carboxylic acids is 3. The van der Waals surface area contributed by atoms with Crippen LogP contribution < -0.4 is 0 Å². The quantitative estimate of drug-likeness (QED) is 0.203. The second kappa shape index (κ2) is 30.1. The van der Waals surface area contributed by atoms with E-state index in [9.17, 15) is 14.4 Å². The predicted octanol–water partition coefficient (Wildman–Crippen LogP) is 0.532. The van der Waals surface area contributed by atoms with E-state index in [1.165, 1.54) is 0 Å². The smallest absolute Gasteiger partial charge is 0.304 e. The third-order valence-electron chi connectivity index (χ3n) is 2.31. The van der Waals surface area contributed by atoms with Gasteiger partial charge in [-0.05, 0) is 18.8 Å². The standard InChI is InChI=1S/C6H14O3.3C3H6O2S/c7-3-1-6(5-9)2-4-8;3*4-3(5)1-2-6/h6-9H,1-5H2;3*6H,1-2H2,(H,4,5). The van der Waals surface area contributed by atoms with Gasteiger partial charge in [-0.15, -0.1) is 0 Å². The lowest BCUT2D eigenvalue weighted by Crippen LogP contribution is -2.09. The van der Waals surface area contributed by atoms with E-state index in [2.05, 4.69) is 37.9 Å². The molecule has 27 heavy (non-hydrogen) atoms. The number of aliphatic hydroxyl groups excluding tert-OH is 3. The Labute approximate surface area is 176 Å². The normalized spacial score (nSPS) is 9.00. The van der Waals surface area contributed by atoms with Crippen LogP contribution in [0.15, 0.2) is 0 Å². The molecule has 0 atom stereocenters. The minimum atomic E-state index is -0.787. The number of rotatable bonds is 11. The molecule has 0 aromatic heterocycles. The molecule has 6 N–H and O–H groups in total. The van der Waals surface area contributed by atoms with Crippen LogP contribution in [-0.4, -0.2) is 85.6 Å². The van der Waals surface area contributed by atoms with E-state index < -0.39 is 17.9 Å². The first kappa shape index (κ1) is 33.9. The number of aliphatic hydroxyl groups is 3. The Hall–Kier alpha value is -0.660. The molecule has 12 heteroatoms. The Morgan fingerprint density at radius 1 is 0.630 bits per heavy atom. The summed E-state index contributed by atoms with van der Waals surface area (Å²) in [5.74, 6) is -1.01. The van der Waals surface area contributed by atoms with Gasteiger partial charge < -0.3 is 30.6 Å². The molecule has 0 unspecified atom stereocenters. The molecule has 0 aliphatic heterocycles. The third kappa shape index (κ3) is 51.7. The van der Waals surface area contributed by atoms with Gasteiger partial charge in [0.25, 0.3) is 0 Å². The van der Waals surface area contributed by atoms with E-state index in [0.717, 1.165) is 0 Å². The van der Waals surface area contributed by atoms with E-state index >= 15 is 0 Å². The van der Waals surface area contributed by atoms with Gasteiger partial charge in [-0.2, -0.15) is 37.9 Å². The second-order valence-corrected chi connectivity index (χ2v) is 6.02. The average molecular weight is 453 g/mol. The van der Waals surface area contributed by atoms with Crippen molar-refractivity contribution in [2.75, 3.05) is 37.1 Å². The predicted molar refractivity (Wildman–Crippen MR) is 112 cm³/mol. The summed E-state index contributed by atoms with van der Waals surface area (Å²) >= 11 is 11.0. The minimum absolute atomic E-state index is 0.0567.